The van der Waals surface area contributed by atoms with Gasteiger partial charge in [0.15, 0.2) is 0 Å². The molecule has 0 aliphatic carbocycles. The second kappa shape index (κ2) is 4.79. The number of hydrogen-bond acceptors (Lipinski definition) is 3. The molecule has 15 heavy (non-hydrogen) atoms. The highest BCUT2D eigenvalue weighted by molar-refractivity contribution is 5.04. The molecular formula is C11H15N3O. The van der Waals surface area contributed by atoms with E-state index in [1.807, 2.05) is 36.1 Å². The summed E-state index contributed by atoms with van der Waals surface area (Å²) in [5, 5.41) is 3.31. The second-order valence-electron chi connectivity index (χ2n) is 3.49. The third-order valence-electron chi connectivity index (χ3n) is 2.20. The number of imidazole rings is 1. The Kier molecular flexibility index (Phi) is 3.19. The molecule has 4 heteroatoms. The summed E-state index contributed by atoms with van der Waals surface area (Å²) in [6, 6.07) is 3.98. The Morgan fingerprint density at radius 1 is 1.47 bits per heavy atom. The molecule has 0 aliphatic heterocycles. The number of aromatic nitrogens is 2. The van der Waals surface area contributed by atoms with Gasteiger partial charge in [0.1, 0.15) is 11.5 Å². The lowest BCUT2D eigenvalue weighted by Gasteiger charge is -2.03. The fourth-order valence-corrected chi connectivity index (χ4v) is 1.42. The highest BCUT2D eigenvalue weighted by Gasteiger charge is 1.97. The van der Waals surface area contributed by atoms with Gasteiger partial charge in [-0.15, -0.1) is 0 Å². The van der Waals surface area contributed by atoms with E-state index >= 15 is 0 Å². The third-order valence-corrected chi connectivity index (χ3v) is 2.20. The normalized spacial score (nSPS) is 10.7. The average molecular weight is 205 g/mol. The predicted molar refractivity (Wildman–Crippen MR) is 57.4 cm³/mol. The van der Waals surface area contributed by atoms with Crippen molar-refractivity contribution in [3.63, 3.8) is 0 Å². The number of aryl methyl sites for hydroxylation is 1. The van der Waals surface area contributed by atoms with Crippen LogP contribution in [0.5, 0.6) is 0 Å². The summed E-state index contributed by atoms with van der Waals surface area (Å²) in [7, 11) is 0. The first-order valence-electron chi connectivity index (χ1n) is 5.06. The molecular weight excluding hydrogens is 190 g/mol. The molecule has 0 saturated carbocycles. The van der Waals surface area contributed by atoms with Gasteiger partial charge >= 0.3 is 0 Å². The zero-order valence-corrected chi connectivity index (χ0v) is 8.81. The topological polar surface area (TPSA) is 43.0 Å². The lowest BCUT2D eigenvalue weighted by atomic mass is 10.4. The Labute approximate surface area is 88.9 Å². The first-order valence-corrected chi connectivity index (χ1v) is 5.06. The summed E-state index contributed by atoms with van der Waals surface area (Å²) >= 11 is 0. The predicted octanol–water partition coefficient (Wildman–Crippen LogP) is 1.57. The standard InChI is InChI=1S/C11H15N3O/c1-10-2-3-11(15-10)8-12-4-6-14-7-5-13-9-14/h2-3,5,7,9,12H,4,6,8H2,1H3. The summed E-state index contributed by atoms with van der Waals surface area (Å²) < 4.78 is 7.48. The highest BCUT2D eigenvalue weighted by Crippen LogP contribution is 2.04. The van der Waals surface area contributed by atoms with Gasteiger partial charge in [-0.25, -0.2) is 4.98 Å². The largest absolute Gasteiger partial charge is 0.465 e. The van der Waals surface area contributed by atoms with Crippen LogP contribution >= 0.6 is 0 Å². The maximum atomic E-state index is 5.44. The van der Waals surface area contributed by atoms with Crippen LogP contribution in [0.25, 0.3) is 0 Å². The van der Waals surface area contributed by atoms with Crippen LogP contribution in [0.4, 0.5) is 0 Å². The van der Waals surface area contributed by atoms with Crippen molar-refractivity contribution < 1.29 is 4.42 Å². The molecule has 0 spiro atoms. The van der Waals surface area contributed by atoms with Crippen molar-refractivity contribution in [3.8, 4) is 0 Å². The molecule has 0 atom stereocenters. The Morgan fingerprint density at radius 2 is 2.40 bits per heavy atom. The third kappa shape index (κ3) is 2.95. The number of hydrogen-bond donors (Lipinski definition) is 1. The zero-order valence-electron chi connectivity index (χ0n) is 8.81. The van der Waals surface area contributed by atoms with Crippen LogP contribution in [0.15, 0.2) is 35.3 Å². The van der Waals surface area contributed by atoms with E-state index in [1.54, 1.807) is 6.20 Å². The van der Waals surface area contributed by atoms with E-state index in [1.165, 1.54) is 0 Å². The van der Waals surface area contributed by atoms with Crippen molar-refractivity contribution >= 4 is 0 Å². The van der Waals surface area contributed by atoms with Crippen LogP contribution in [0.2, 0.25) is 0 Å². The van der Waals surface area contributed by atoms with Crippen molar-refractivity contribution in [3.05, 3.63) is 42.4 Å². The summed E-state index contributed by atoms with van der Waals surface area (Å²) in [4.78, 5) is 3.98. The van der Waals surface area contributed by atoms with Crippen LogP contribution in [0.3, 0.4) is 0 Å². The summed E-state index contributed by atoms with van der Waals surface area (Å²) in [6.45, 7) is 4.58. The molecule has 80 valence electrons. The van der Waals surface area contributed by atoms with Gasteiger partial charge in [-0.2, -0.15) is 0 Å². The molecule has 2 rings (SSSR count). The van der Waals surface area contributed by atoms with Crippen LogP contribution in [0.1, 0.15) is 11.5 Å². The first kappa shape index (κ1) is 9.98. The minimum Gasteiger partial charge on any atom is -0.465 e. The van der Waals surface area contributed by atoms with Crippen LogP contribution < -0.4 is 5.32 Å². The molecule has 0 aliphatic rings. The van der Waals surface area contributed by atoms with Crippen LogP contribution in [-0.2, 0) is 13.1 Å². The molecule has 0 aromatic carbocycles. The molecule has 0 amide bonds. The van der Waals surface area contributed by atoms with E-state index in [4.69, 9.17) is 4.42 Å². The maximum Gasteiger partial charge on any atom is 0.117 e. The molecule has 2 aromatic rings. The molecule has 0 radical (unpaired) electrons. The number of nitrogens with zero attached hydrogens (tertiary/aromatic N) is 2. The van der Waals surface area contributed by atoms with Crippen molar-refractivity contribution in [1.82, 2.24) is 14.9 Å². The van der Waals surface area contributed by atoms with Gasteiger partial charge in [-0.1, -0.05) is 0 Å². The number of rotatable bonds is 5. The van der Waals surface area contributed by atoms with E-state index in [2.05, 4.69) is 10.3 Å². The molecule has 0 bridgehead atoms. The van der Waals surface area contributed by atoms with Gasteiger partial charge in [0.2, 0.25) is 0 Å². The number of furan rings is 1. The van der Waals surface area contributed by atoms with Crippen molar-refractivity contribution in [1.29, 1.82) is 0 Å². The van der Waals surface area contributed by atoms with E-state index in [9.17, 15) is 0 Å². The lowest BCUT2D eigenvalue weighted by molar-refractivity contribution is 0.457. The molecule has 0 saturated heterocycles. The number of nitrogens with one attached hydrogen (secondary N) is 1. The van der Waals surface area contributed by atoms with Crippen molar-refractivity contribution in [2.45, 2.75) is 20.0 Å². The first-order chi connectivity index (χ1) is 7.34. The highest BCUT2D eigenvalue weighted by atomic mass is 16.3. The minimum absolute atomic E-state index is 0.780. The Morgan fingerprint density at radius 3 is 3.07 bits per heavy atom. The van der Waals surface area contributed by atoms with E-state index in [0.717, 1.165) is 31.2 Å². The van der Waals surface area contributed by atoms with Crippen molar-refractivity contribution in [2.24, 2.45) is 0 Å². The Balaban J connectivity index is 1.67. The average Bonchev–Trinajstić information content (AvgIpc) is 2.84. The van der Waals surface area contributed by atoms with E-state index in [0.29, 0.717) is 0 Å². The molecule has 2 aromatic heterocycles. The maximum absolute atomic E-state index is 5.44. The van der Waals surface area contributed by atoms with Gasteiger partial charge in [0.05, 0.1) is 12.9 Å². The van der Waals surface area contributed by atoms with Gasteiger partial charge in [-0.05, 0) is 19.1 Å². The van der Waals surface area contributed by atoms with E-state index < -0.39 is 0 Å². The Bertz CT molecular complexity index is 392. The van der Waals surface area contributed by atoms with Gasteiger partial charge in [0.25, 0.3) is 0 Å². The molecule has 2 heterocycles. The fraction of sp³-hybridized carbons (Fsp3) is 0.364. The summed E-state index contributed by atoms with van der Waals surface area (Å²) in [5.74, 6) is 1.94. The van der Waals surface area contributed by atoms with Crippen molar-refractivity contribution in [2.75, 3.05) is 6.54 Å². The van der Waals surface area contributed by atoms with Gasteiger partial charge in [0, 0.05) is 25.5 Å². The monoisotopic (exact) mass is 205 g/mol. The molecule has 1 N–H and O–H groups in total. The van der Waals surface area contributed by atoms with Gasteiger partial charge in [-0.3, -0.25) is 0 Å². The SMILES string of the molecule is Cc1ccc(CNCCn2ccnc2)o1. The van der Waals surface area contributed by atoms with Crippen LogP contribution in [0, 0.1) is 6.92 Å². The Hall–Kier alpha value is -1.55. The van der Waals surface area contributed by atoms with Gasteiger partial charge < -0.3 is 14.3 Å². The quantitative estimate of drug-likeness (QED) is 0.753. The minimum atomic E-state index is 0.780. The summed E-state index contributed by atoms with van der Waals surface area (Å²) in [6.07, 6.45) is 5.56. The fourth-order valence-electron chi connectivity index (χ4n) is 1.42. The molecule has 0 unspecified atom stereocenters. The molecule has 0 fully saturated rings. The zero-order chi connectivity index (χ0) is 10.5. The van der Waals surface area contributed by atoms with E-state index in [-0.39, 0.29) is 0 Å². The smallest absolute Gasteiger partial charge is 0.117 e. The summed E-state index contributed by atoms with van der Waals surface area (Å²) in [5.41, 5.74) is 0. The molecule has 4 nitrogen and oxygen atoms in total. The lowest BCUT2D eigenvalue weighted by Crippen LogP contribution is -2.18. The second-order valence-corrected chi connectivity index (χ2v) is 3.49. The van der Waals surface area contributed by atoms with Crippen LogP contribution in [-0.4, -0.2) is 16.1 Å².